The molecule has 2 aromatic heterocycles. The average Bonchev–Trinajstić information content (AvgIpc) is 3.46. The molecule has 0 amide bonds. The lowest BCUT2D eigenvalue weighted by Gasteiger charge is -2.17. The Labute approximate surface area is 167 Å². The SMILES string of the molecule is Cn1cc(-c2cc3c(cc2F)CN=C3c2cc(N3CC[C@H](CO)C3)ncn2)cn1. The number of benzene rings is 1. The van der Waals surface area contributed by atoms with E-state index in [-0.39, 0.29) is 18.3 Å². The third kappa shape index (κ3) is 3.19. The summed E-state index contributed by atoms with van der Waals surface area (Å²) in [5.74, 6) is 0.836. The first-order valence-electron chi connectivity index (χ1n) is 9.67. The van der Waals surface area contributed by atoms with Gasteiger partial charge in [0, 0.05) is 61.6 Å². The van der Waals surface area contributed by atoms with Crippen LogP contribution < -0.4 is 4.90 Å². The number of aryl methyl sites for hydroxylation is 1. The lowest BCUT2D eigenvalue weighted by Crippen LogP contribution is -2.22. The maximum absolute atomic E-state index is 14.7. The van der Waals surface area contributed by atoms with Crippen LogP contribution in [0.1, 0.15) is 23.2 Å². The number of halogens is 1. The van der Waals surface area contributed by atoms with Crippen molar-refractivity contribution in [3.8, 4) is 11.1 Å². The van der Waals surface area contributed by atoms with Crippen molar-refractivity contribution in [1.29, 1.82) is 0 Å². The summed E-state index contributed by atoms with van der Waals surface area (Å²) >= 11 is 0. The van der Waals surface area contributed by atoms with E-state index in [2.05, 4.69) is 25.0 Å². The number of anilines is 1. The number of rotatable bonds is 4. The highest BCUT2D eigenvalue weighted by molar-refractivity contribution is 6.14. The predicted octanol–water partition coefficient (Wildman–Crippen LogP) is 2.19. The topological polar surface area (TPSA) is 79.4 Å². The van der Waals surface area contributed by atoms with Gasteiger partial charge in [-0.15, -0.1) is 0 Å². The fourth-order valence-corrected chi connectivity index (χ4v) is 4.05. The van der Waals surface area contributed by atoms with Crippen molar-refractivity contribution in [2.75, 3.05) is 24.6 Å². The zero-order chi connectivity index (χ0) is 20.0. The van der Waals surface area contributed by atoms with Gasteiger partial charge in [0.2, 0.25) is 0 Å². The van der Waals surface area contributed by atoms with E-state index in [1.165, 1.54) is 0 Å². The number of hydrogen-bond acceptors (Lipinski definition) is 6. The lowest BCUT2D eigenvalue weighted by atomic mass is 9.97. The van der Waals surface area contributed by atoms with Gasteiger partial charge in [0.05, 0.1) is 24.1 Å². The highest BCUT2D eigenvalue weighted by Crippen LogP contribution is 2.31. The molecule has 0 unspecified atom stereocenters. The van der Waals surface area contributed by atoms with Crippen LogP contribution in [-0.2, 0) is 13.6 Å². The summed E-state index contributed by atoms with van der Waals surface area (Å²) in [5, 5.41) is 13.5. The molecule has 5 rings (SSSR count). The Balaban J connectivity index is 1.50. The van der Waals surface area contributed by atoms with Gasteiger partial charge in [-0.2, -0.15) is 5.10 Å². The lowest BCUT2D eigenvalue weighted by molar-refractivity contribution is 0.238. The standard InChI is InChI=1S/C21H21FN6O/c1-27-10-15(8-26-27)16-5-17-14(4-18(16)22)7-23-21(17)19-6-20(25-12-24-19)28-3-2-13(9-28)11-29/h4-6,8,10,12-13,29H,2-3,7,9,11H2,1H3/t13-/m0/s1. The Morgan fingerprint density at radius 2 is 2.10 bits per heavy atom. The molecule has 1 N–H and O–H groups in total. The monoisotopic (exact) mass is 392 g/mol. The molecular weight excluding hydrogens is 371 g/mol. The van der Waals surface area contributed by atoms with E-state index < -0.39 is 0 Å². The van der Waals surface area contributed by atoms with Gasteiger partial charge >= 0.3 is 0 Å². The largest absolute Gasteiger partial charge is 0.396 e. The van der Waals surface area contributed by atoms with E-state index in [0.717, 1.165) is 53.4 Å². The second-order valence-electron chi connectivity index (χ2n) is 7.60. The molecule has 0 bridgehead atoms. The van der Waals surface area contributed by atoms with Gasteiger partial charge in [-0.3, -0.25) is 9.67 Å². The molecule has 3 aromatic rings. The van der Waals surface area contributed by atoms with Crippen LogP contribution in [-0.4, -0.2) is 50.3 Å². The van der Waals surface area contributed by atoms with E-state index in [1.807, 2.05) is 19.2 Å². The summed E-state index contributed by atoms with van der Waals surface area (Å²) < 4.78 is 16.3. The van der Waals surface area contributed by atoms with Gasteiger partial charge in [0.25, 0.3) is 0 Å². The van der Waals surface area contributed by atoms with Gasteiger partial charge in [-0.25, -0.2) is 14.4 Å². The molecule has 148 valence electrons. The summed E-state index contributed by atoms with van der Waals surface area (Å²) in [6.45, 7) is 2.27. The van der Waals surface area contributed by atoms with Crippen LogP contribution in [0.2, 0.25) is 0 Å². The Kier molecular flexibility index (Phi) is 4.35. The molecule has 1 atom stereocenters. The van der Waals surface area contributed by atoms with Crippen LogP contribution in [0.15, 0.2) is 41.9 Å². The fourth-order valence-electron chi connectivity index (χ4n) is 4.05. The molecular formula is C21H21FN6O. The minimum absolute atomic E-state index is 0.192. The summed E-state index contributed by atoms with van der Waals surface area (Å²) in [6.07, 6.45) is 5.95. The molecule has 2 aliphatic heterocycles. The summed E-state index contributed by atoms with van der Waals surface area (Å²) in [7, 11) is 1.81. The molecule has 0 spiro atoms. The fraction of sp³-hybridized carbons (Fsp3) is 0.333. The maximum Gasteiger partial charge on any atom is 0.132 e. The van der Waals surface area contributed by atoms with Crippen molar-refractivity contribution >= 4 is 11.5 Å². The molecule has 1 aromatic carbocycles. The van der Waals surface area contributed by atoms with Crippen molar-refractivity contribution in [3.05, 3.63) is 59.6 Å². The average molecular weight is 392 g/mol. The van der Waals surface area contributed by atoms with E-state index in [9.17, 15) is 9.50 Å². The quantitative estimate of drug-likeness (QED) is 0.736. The van der Waals surface area contributed by atoms with Crippen molar-refractivity contribution in [1.82, 2.24) is 19.7 Å². The van der Waals surface area contributed by atoms with Gasteiger partial charge < -0.3 is 10.0 Å². The molecule has 4 heterocycles. The van der Waals surface area contributed by atoms with Crippen molar-refractivity contribution in [2.45, 2.75) is 13.0 Å². The Morgan fingerprint density at radius 3 is 2.86 bits per heavy atom. The Bertz CT molecular complexity index is 1110. The third-order valence-electron chi connectivity index (χ3n) is 5.63. The molecule has 1 fully saturated rings. The van der Waals surface area contributed by atoms with Gasteiger partial charge in [0.15, 0.2) is 0 Å². The van der Waals surface area contributed by atoms with E-state index in [4.69, 9.17) is 0 Å². The van der Waals surface area contributed by atoms with Gasteiger partial charge in [-0.05, 0) is 24.1 Å². The molecule has 8 heteroatoms. The number of fused-ring (bicyclic) bond motifs is 1. The molecule has 1 saturated heterocycles. The van der Waals surface area contributed by atoms with E-state index in [1.54, 1.807) is 29.5 Å². The first-order chi connectivity index (χ1) is 14.1. The van der Waals surface area contributed by atoms with Crippen LogP contribution in [0.3, 0.4) is 0 Å². The highest BCUT2D eigenvalue weighted by Gasteiger charge is 2.26. The zero-order valence-electron chi connectivity index (χ0n) is 16.1. The first-order valence-corrected chi connectivity index (χ1v) is 9.67. The van der Waals surface area contributed by atoms with Gasteiger partial charge in [-0.1, -0.05) is 0 Å². The van der Waals surface area contributed by atoms with Crippen molar-refractivity contribution in [2.24, 2.45) is 18.0 Å². The normalized spacial score (nSPS) is 18.2. The summed E-state index contributed by atoms with van der Waals surface area (Å²) in [4.78, 5) is 15.6. The third-order valence-corrected chi connectivity index (χ3v) is 5.63. The van der Waals surface area contributed by atoms with Crippen molar-refractivity contribution < 1.29 is 9.50 Å². The second kappa shape index (κ2) is 7.04. The Hall–Kier alpha value is -3.13. The number of aromatic nitrogens is 4. The zero-order valence-corrected chi connectivity index (χ0v) is 16.1. The predicted molar refractivity (Wildman–Crippen MR) is 107 cm³/mol. The smallest absolute Gasteiger partial charge is 0.132 e. The minimum atomic E-state index is -0.274. The van der Waals surface area contributed by atoms with Crippen LogP contribution in [0.5, 0.6) is 0 Å². The van der Waals surface area contributed by atoms with E-state index >= 15 is 0 Å². The molecule has 29 heavy (non-hydrogen) atoms. The van der Waals surface area contributed by atoms with Crippen LogP contribution >= 0.6 is 0 Å². The maximum atomic E-state index is 14.7. The van der Waals surface area contributed by atoms with Crippen LogP contribution in [0.4, 0.5) is 10.2 Å². The number of hydrogen-bond donors (Lipinski definition) is 1. The number of nitrogens with zero attached hydrogens (tertiary/aromatic N) is 6. The minimum Gasteiger partial charge on any atom is -0.396 e. The molecule has 7 nitrogen and oxygen atoms in total. The molecule has 0 radical (unpaired) electrons. The number of aliphatic imine (C=N–C) groups is 1. The first kappa shape index (κ1) is 17.9. The van der Waals surface area contributed by atoms with Crippen LogP contribution in [0.25, 0.3) is 11.1 Å². The highest BCUT2D eigenvalue weighted by atomic mass is 19.1. The van der Waals surface area contributed by atoms with E-state index in [0.29, 0.717) is 12.1 Å². The molecule has 0 aliphatic carbocycles. The van der Waals surface area contributed by atoms with Crippen molar-refractivity contribution in [3.63, 3.8) is 0 Å². The molecule has 2 aliphatic rings. The second-order valence-corrected chi connectivity index (χ2v) is 7.60. The summed E-state index contributed by atoms with van der Waals surface area (Å²) in [6, 6.07) is 5.33. The van der Waals surface area contributed by atoms with Crippen LogP contribution in [0, 0.1) is 11.7 Å². The Morgan fingerprint density at radius 1 is 1.21 bits per heavy atom. The number of aliphatic hydroxyl groups is 1. The number of aliphatic hydroxyl groups excluding tert-OH is 1. The summed E-state index contributed by atoms with van der Waals surface area (Å²) in [5.41, 5.74) is 4.47. The van der Waals surface area contributed by atoms with Gasteiger partial charge in [0.1, 0.15) is 18.0 Å². The molecule has 0 saturated carbocycles.